The third kappa shape index (κ3) is 3.99. The Balaban J connectivity index is 1.75. The predicted molar refractivity (Wildman–Crippen MR) is 89.3 cm³/mol. The van der Waals surface area contributed by atoms with Crippen LogP contribution in [0.2, 0.25) is 0 Å². The van der Waals surface area contributed by atoms with Crippen molar-refractivity contribution in [2.45, 2.75) is 30.7 Å². The highest BCUT2D eigenvalue weighted by Gasteiger charge is 2.16. The molecule has 1 saturated heterocycles. The molecule has 1 aliphatic heterocycles. The standard InChI is InChI=1S/C16H22N4O2S/c17-23(21,22)16-7-3-2-6-15(16)14-12-18-20(13-14)11-10-19-8-4-1-5-9-19/h2-3,6-7,12-13H,1,4-5,8-11H2,(H2,17,21,22). The maximum Gasteiger partial charge on any atom is 0.238 e. The second-order valence-electron chi connectivity index (χ2n) is 5.94. The first-order valence-electron chi connectivity index (χ1n) is 7.91. The number of nitrogens with two attached hydrogens (primary N) is 1. The number of hydrogen-bond donors (Lipinski definition) is 1. The van der Waals surface area contributed by atoms with Crippen LogP contribution >= 0.6 is 0 Å². The largest absolute Gasteiger partial charge is 0.301 e. The fourth-order valence-corrected chi connectivity index (χ4v) is 3.77. The van der Waals surface area contributed by atoms with E-state index < -0.39 is 10.0 Å². The van der Waals surface area contributed by atoms with Crippen molar-refractivity contribution in [2.24, 2.45) is 5.14 Å². The lowest BCUT2D eigenvalue weighted by Gasteiger charge is -2.26. The minimum Gasteiger partial charge on any atom is -0.301 e. The predicted octanol–water partition coefficient (Wildman–Crippen LogP) is 1.68. The van der Waals surface area contributed by atoms with Crippen LogP contribution in [0.4, 0.5) is 0 Å². The fraction of sp³-hybridized carbons (Fsp3) is 0.438. The molecule has 0 bridgehead atoms. The number of rotatable bonds is 5. The Morgan fingerprint density at radius 1 is 1.09 bits per heavy atom. The molecule has 2 aromatic rings. The van der Waals surface area contributed by atoms with E-state index in [1.807, 2.05) is 10.9 Å². The van der Waals surface area contributed by atoms with Crippen molar-refractivity contribution in [1.82, 2.24) is 14.7 Å². The zero-order valence-corrected chi connectivity index (χ0v) is 13.9. The van der Waals surface area contributed by atoms with Crippen LogP contribution in [0.15, 0.2) is 41.6 Å². The van der Waals surface area contributed by atoms with E-state index in [1.165, 1.54) is 25.3 Å². The van der Waals surface area contributed by atoms with Gasteiger partial charge in [-0.05, 0) is 32.0 Å². The molecule has 7 heteroatoms. The Kier molecular flexibility index (Phi) is 4.79. The first-order valence-corrected chi connectivity index (χ1v) is 9.46. The molecule has 6 nitrogen and oxygen atoms in total. The van der Waals surface area contributed by atoms with E-state index in [-0.39, 0.29) is 4.90 Å². The molecule has 2 heterocycles. The molecule has 3 rings (SSSR count). The van der Waals surface area contributed by atoms with Crippen LogP contribution < -0.4 is 5.14 Å². The number of nitrogens with zero attached hydrogens (tertiary/aromatic N) is 3. The quantitative estimate of drug-likeness (QED) is 0.902. The molecule has 0 spiro atoms. The van der Waals surface area contributed by atoms with Gasteiger partial charge in [-0.2, -0.15) is 5.10 Å². The van der Waals surface area contributed by atoms with Crippen LogP contribution in [0.25, 0.3) is 11.1 Å². The Hall–Kier alpha value is -1.70. The number of likely N-dealkylation sites (tertiary alicyclic amines) is 1. The summed E-state index contributed by atoms with van der Waals surface area (Å²) in [5.41, 5.74) is 1.37. The lowest BCUT2D eigenvalue weighted by molar-refractivity contribution is 0.218. The Morgan fingerprint density at radius 3 is 2.57 bits per heavy atom. The normalized spacial score (nSPS) is 16.6. The minimum absolute atomic E-state index is 0.135. The van der Waals surface area contributed by atoms with Crippen LogP contribution in [0.3, 0.4) is 0 Å². The van der Waals surface area contributed by atoms with Crippen molar-refractivity contribution in [3.05, 3.63) is 36.7 Å². The Labute approximate surface area is 137 Å². The summed E-state index contributed by atoms with van der Waals surface area (Å²) in [6.45, 7) is 4.08. The number of sulfonamides is 1. The van der Waals surface area contributed by atoms with Gasteiger partial charge in [0.1, 0.15) is 0 Å². The zero-order valence-electron chi connectivity index (χ0n) is 13.1. The summed E-state index contributed by atoms with van der Waals surface area (Å²) >= 11 is 0. The van der Waals surface area contributed by atoms with Crippen molar-refractivity contribution < 1.29 is 8.42 Å². The summed E-state index contributed by atoms with van der Waals surface area (Å²) in [6, 6.07) is 6.75. The van der Waals surface area contributed by atoms with Gasteiger partial charge in [0.15, 0.2) is 0 Å². The topological polar surface area (TPSA) is 81.2 Å². The monoisotopic (exact) mass is 334 g/mol. The van der Waals surface area contributed by atoms with Crippen LogP contribution in [0.1, 0.15) is 19.3 Å². The van der Waals surface area contributed by atoms with Crippen LogP contribution in [0, 0.1) is 0 Å². The number of benzene rings is 1. The number of hydrogen-bond acceptors (Lipinski definition) is 4. The average molecular weight is 334 g/mol. The van der Waals surface area contributed by atoms with Gasteiger partial charge in [-0.15, -0.1) is 0 Å². The molecule has 0 amide bonds. The van der Waals surface area contributed by atoms with Crippen LogP contribution in [-0.4, -0.2) is 42.7 Å². The first-order chi connectivity index (χ1) is 11.0. The first kappa shape index (κ1) is 16.2. The van der Waals surface area contributed by atoms with Crippen molar-refractivity contribution in [1.29, 1.82) is 0 Å². The Morgan fingerprint density at radius 2 is 1.83 bits per heavy atom. The summed E-state index contributed by atoms with van der Waals surface area (Å²) in [7, 11) is -3.75. The smallest absolute Gasteiger partial charge is 0.238 e. The minimum atomic E-state index is -3.75. The fourth-order valence-electron chi connectivity index (χ4n) is 3.01. The highest BCUT2D eigenvalue weighted by atomic mass is 32.2. The van der Waals surface area contributed by atoms with E-state index >= 15 is 0 Å². The van der Waals surface area contributed by atoms with Crippen molar-refractivity contribution in [2.75, 3.05) is 19.6 Å². The van der Waals surface area contributed by atoms with Gasteiger partial charge in [-0.25, -0.2) is 13.6 Å². The van der Waals surface area contributed by atoms with Gasteiger partial charge in [0.2, 0.25) is 10.0 Å². The van der Waals surface area contributed by atoms with E-state index in [9.17, 15) is 8.42 Å². The molecule has 1 aromatic carbocycles. The summed E-state index contributed by atoms with van der Waals surface area (Å²) in [6.07, 6.45) is 7.44. The third-order valence-corrected chi connectivity index (χ3v) is 5.20. The lowest BCUT2D eigenvalue weighted by atomic mass is 10.1. The van der Waals surface area contributed by atoms with E-state index in [2.05, 4.69) is 10.00 Å². The van der Waals surface area contributed by atoms with E-state index in [0.717, 1.165) is 31.7 Å². The molecule has 2 N–H and O–H groups in total. The molecule has 1 aromatic heterocycles. The molecule has 0 aliphatic carbocycles. The third-order valence-electron chi connectivity index (χ3n) is 4.23. The molecule has 1 fully saturated rings. The van der Waals surface area contributed by atoms with Gasteiger partial charge in [0.25, 0.3) is 0 Å². The van der Waals surface area contributed by atoms with Gasteiger partial charge >= 0.3 is 0 Å². The van der Waals surface area contributed by atoms with Gasteiger partial charge in [0, 0.05) is 23.9 Å². The zero-order chi connectivity index (χ0) is 16.3. The van der Waals surface area contributed by atoms with Gasteiger partial charge in [0.05, 0.1) is 17.6 Å². The highest BCUT2D eigenvalue weighted by Crippen LogP contribution is 2.25. The molecular weight excluding hydrogens is 312 g/mol. The maximum absolute atomic E-state index is 11.7. The molecule has 23 heavy (non-hydrogen) atoms. The molecule has 124 valence electrons. The van der Waals surface area contributed by atoms with Crippen molar-refractivity contribution in [3.63, 3.8) is 0 Å². The summed E-state index contributed by atoms with van der Waals surface area (Å²) < 4.78 is 25.3. The molecule has 0 saturated carbocycles. The molecular formula is C16H22N4O2S. The summed E-state index contributed by atoms with van der Waals surface area (Å²) in [5, 5.41) is 9.65. The number of primary sulfonamides is 1. The number of aromatic nitrogens is 2. The average Bonchev–Trinajstić information content (AvgIpc) is 3.02. The summed E-state index contributed by atoms with van der Waals surface area (Å²) in [5.74, 6) is 0. The van der Waals surface area contributed by atoms with Gasteiger partial charge in [-0.3, -0.25) is 4.68 Å². The second-order valence-corrected chi connectivity index (χ2v) is 7.47. The molecule has 0 radical (unpaired) electrons. The van der Waals surface area contributed by atoms with E-state index in [0.29, 0.717) is 5.56 Å². The van der Waals surface area contributed by atoms with Crippen molar-refractivity contribution in [3.8, 4) is 11.1 Å². The van der Waals surface area contributed by atoms with Crippen LogP contribution in [-0.2, 0) is 16.6 Å². The Bertz CT molecular complexity index is 764. The highest BCUT2D eigenvalue weighted by molar-refractivity contribution is 7.89. The SMILES string of the molecule is NS(=O)(=O)c1ccccc1-c1cnn(CCN2CCCCC2)c1. The van der Waals surface area contributed by atoms with Gasteiger partial charge in [-0.1, -0.05) is 24.6 Å². The van der Waals surface area contributed by atoms with E-state index in [1.54, 1.807) is 24.4 Å². The van der Waals surface area contributed by atoms with Crippen molar-refractivity contribution >= 4 is 10.0 Å². The second kappa shape index (κ2) is 6.82. The van der Waals surface area contributed by atoms with Gasteiger partial charge < -0.3 is 4.90 Å². The lowest BCUT2D eigenvalue weighted by Crippen LogP contribution is -2.32. The van der Waals surface area contributed by atoms with E-state index in [4.69, 9.17) is 5.14 Å². The number of piperidine rings is 1. The molecule has 0 atom stereocenters. The maximum atomic E-state index is 11.7. The van der Waals surface area contributed by atoms with Crippen LogP contribution in [0.5, 0.6) is 0 Å². The molecule has 0 unspecified atom stereocenters. The molecule has 1 aliphatic rings. The summed E-state index contributed by atoms with van der Waals surface area (Å²) in [4.78, 5) is 2.58.